The summed E-state index contributed by atoms with van der Waals surface area (Å²) in [6.07, 6.45) is 1.02. The Hall–Kier alpha value is -2.36. The summed E-state index contributed by atoms with van der Waals surface area (Å²) in [5.74, 6) is 1.74. The molecular weight excluding hydrogens is 264 g/mol. The molecular formula is C17H22N2O2. The van der Waals surface area contributed by atoms with Crippen molar-refractivity contribution in [2.45, 2.75) is 6.42 Å². The Morgan fingerprint density at radius 1 is 0.762 bits per heavy atom. The van der Waals surface area contributed by atoms with Gasteiger partial charge < -0.3 is 20.1 Å². The van der Waals surface area contributed by atoms with Gasteiger partial charge >= 0.3 is 0 Å². The van der Waals surface area contributed by atoms with Crippen molar-refractivity contribution < 1.29 is 9.47 Å². The second-order valence-electron chi connectivity index (χ2n) is 4.67. The molecule has 0 aliphatic rings. The minimum Gasteiger partial charge on any atom is -0.497 e. The summed E-state index contributed by atoms with van der Waals surface area (Å²) in [6.45, 7) is 1.81. The van der Waals surface area contributed by atoms with Crippen molar-refractivity contribution in [1.82, 2.24) is 0 Å². The number of methoxy groups -OCH3 is 2. The van der Waals surface area contributed by atoms with Crippen molar-refractivity contribution in [3.8, 4) is 11.5 Å². The van der Waals surface area contributed by atoms with Gasteiger partial charge in [0.05, 0.1) is 14.2 Å². The van der Waals surface area contributed by atoms with Crippen LogP contribution >= 0.6 is 0 Å². The molecule has 2 aromatic rings. The van der Waals surface area contributed by atoms with E-state index in [4.69, 9.17) is 9.47 Å². The van der Waals surface area contributed by atoms with Crippen molar-refractivity contribution in [3.05, 3.63) is 48.5 Å². The summed E-state index contributed by atoms with van der Waals surface area (Å²) >= 11 is 0. The van der Waals surface area contributed by atoms with Gasteiger partial charge in [0.25, 0.3) is 0 Å². The van der Waals surface area contributed by atoms with E-state index in [1.165, 1.54) is 0 Å². The van der Waals surface area contributed by atoms with Crippen LogP contribution in [0, 0.1) is 0 Å². The third-order valence-electron chi connectivity index (χ3n) is 3.15. The first-order chi connectivity index (χ1) is 10.3. The number of benzene rings is 2. The summed E-state index contributed by atoms with van der Waals surface area (Å²) < 4.78 is 10.4. The third-order valence-corrected chi connectivity index (χ3v) is 3.15. The first-order valence-electron chi connectivity index (χ1n) is 7.07. The van der Waals surface area contributed by atoms with Gasteiger partial charge in [-0.1, -0.05) is 12.1 Å². The van der Waals surface area contributed by atoms with E-state index in [1.54, 1.807) is 14.2 Å². The van der Waals surface area contributed by atoms with E-state index < -0.39 is 0 Å². The van der Waals surface area contributed by atoms with Crippen LogP contribution < -0.4 is 20.1 Å². The molecule has 2 aromatic carbocycles. The van der Waals surface area contributed by atoms with Crippen LogP contribution in [0.2, 0.25) is 0 Å². The lowest BCUT2D eigenvalue weighted by atomic mass is 10.2. The molecule has 0 radical (unpaired) electrons. The number of ether oxygens (including phenoxy) is 2. The molecule has 21 heavy (non-hydrogen) atoms. The lowest BCUT2D eigenvalue weighted by Gasteiger charge is -2.10. The number of anilines is 2. The van der Waals surface area contributed by atoms with Crippen LogP contribution in [0.3, 0.4) is 0 Å². The highest BCUT2D eigenvalue weighted by atomic mass is 16.5. The molecule has 0 bridgehead atoms. The normalized spacial score (nSPS) is 10.0. The van der Waals surface area contributed by atoms with E-state index in [0.717, 1.165) is 42.4 Å². The van der Waals surface area contributed by atoms with Gasteiger partial charge in [0.2, 0.25) is 0 Å². The molecule has 2 rings (SSSR count). The average molecular weight is 286 g/mol. The minimum absolute atomic E-state index is 0.870. The number of hydrogen-bond donors (Lipinski definition) is 2. The van der Waals surface area contributed by atoms with Gasteiger partial charge in [-0.15, -0.1) is 0 Å². The summed E-state index contributed by atoms with van der Waals surface area (Å²) in [5, 5.41) is 6.77. The molecule has 0 aliphatic carbocycles. The first-order valence-corrected chi connectivity index (χ1v) is 7.07. The van der Waals surface area contributed by atoms with Crippen molar-refractivity contribution in [2.24, 2.45) is 0 Å². The molecule has 0 heterocycles. The lowest BCUT2D eigenvalue weighted by Crippen LogP contribution is -2.09. The van der Waals surface area contributed by atoms with Gasteiger partial charge in [-0.05, 0) is 30.7 Å². The molecule has 0 fully saturated rings. The van der Waals surface area contributed by atoms with Crippen LogP contribution in [-0.4, -0.2) is 27.3 Å². The summed E-state index contributed by atoms with van der Waals surface area (Å²) in [7, 11) is 3.36. The van der Waals surface area contributed by atoms with Crippen molar-refractivity contribution in [3.63, 3.8) is 0 Å². The SMILES string of the molecule is COc1cccc(NCCCNc2cccc(OC)c2)c1. The maximum atomic E-state index is 5.20. The fraction of sp³-hybridized carbons (Fsp3) is 0.294. The summed E-state index contributed by atoms with van der Waals surface area (Å²) in [6, 6.07) is 15.9. The molecule has 0 saturated carbocycles. The summed E-state index contributed by atoms with van der Waals surface area (Å²) in [5.41, 5.74) is 2.16. The van der Waals surface area contributed by atoms with E-state index in [9.17, 15) is 0 Å². The van der Waals surface area contributed by atoms with Gasteiger partial charge in [0, 0.05) is 36.6 Å². The van der Waals surface area contributed by atoms with Crippen LogP contribution in [0.15, 0.2) is 48.5 Å². The van der Waals surface area contributed by atoms with Crippen molar-refractivity contribution in [2.75, 3.05) is 37.9 Å². The zero-order valence-corrected chi connectivity index (χ0v) is 12.6. The van der Waals surface area contributed by atoms with Crippen molar-refractivity contribution >= 4 is 11.4 Å². The van der Waals surface area contributed by atoms with Crippen LogP contribution in [-0.2, 0) is 0 Å². The average Bonchev–Trinajstić information content (AvgIpc) is 2.55. The van der Waals surface area contributed by atoms with Gasteiger partial charge in [-0.3, -0.25) is 0 Å². The smallest absolute Gasteiger partial charge is 0.120 e. The predicted molar refractivity (Wildman–Crippen MR) is 87.6 cm³/mol. The third kappa shape index (κ3) is 4.91. The Morgan fingerprint density at radius 3 is 1.67 bits per heavy atom. The Morgan fingerprint density at radius 2 is 1.24 bits per heavy atom. The molecule has 0 saturated heterocycles. The molecule has 112 valence electrons. The molecule has 2 N–H and O–H groups in total. The highest BCUT2D eigenvalue weighted by Crippen LogP contribution is 2.17. The first kappa shape index (κ1) is 15.0. The lowest BCUT2D eigenvalue weighted by molar-refractivity contribution is 0.415. The standard InChI is InChI=1S/C17H22N2O2/c1-20-16-8-3-6-14(12-16)18-10-5-11-19-15-7-4-9-17(13-15)21-2/h3-4,6-9,12-13,18-19H,5,10-11H2,1-2H3. The van der Waals surface area contributed by atoms with E-state index in [1.807, 2.05) is 48.5 Å². The minimum atomic E-state index is 0.870. The van der Waals surface area contributed by atoms with Crippen LogP contribution in [0.1, 0.15) is 6.42 Å². The van der Waals surface area contributed by atoms with E-state index >= 15 is 0 Å². The molecule has 0 unspecified atom stereocenters. The quantitative estimate of drug-likeness (QED) is 0.727. The highest BCUT2D eigenvalue weighted by molar-refractivity contribution is 5.49. The van der Waals surface area contributed by atoms with Crippen LogP contribution in [0.4, 0.5) is 11.4 Å². The molecule has 0 spiro atoms. The molecule has 0 aromatic heterocycles. The Labute approximate surface area is 126 Å². The maximum Gasteiger partial charge on any atom is 0.120 e. The van der Waals surface area contributed by atoms with Crippen molar-refractivity contribution in [1.29, 1.82) is 0 Å². The highest BCUT2D eigenvalue weighted by Gasteiger charge is 1.96. The topological polar surface area (TPSA) is 42.5 Å². The largest absolute Gasteiger partial charge is 0.497 e. The molecule has 0 atom stereocenters. The fourth-order valence-electron chi connectivity index (χ4n) is 2.02. The maximum absolute atomic E-state index is 5.20. The number of hydrogen-bond acceptors (Lipinski definition) is 4. The zero-order valence-electron chi connectivity index (χ0n) is 12.6. The van der Waals surface area contributed by atoms with E-state index in [0.29, 0.717) is 0 Å². The second-order valence-corrected chi connectivity index (χ2v) is 4.67. The fourth-order valence-corrected chi connectivity index (χ4v) is 2.02. The Kier molecular flexibility index (Phi) is 5.76. The van der Waals surface area contributed by atoms with Gasteiger partial charge in [-0.2, -0.15) is 0 Å². The van der Waals surface area contributed by atoms with Crippen LogP contribution in [0.25, 0.3) is 0 Å². The van der Waals surface area contributed by atoms with Gasteiger partial charge in [0.1, 0.15) is 11.5 Å². The molecule has 0 amide bonds. The predicted octanol–water partition coefficient (Wildman–Crippen LogP) is 3.62. The second kappa shape index (κ2) is 8.04. The molecule has 0 aliphatic heterocycles. The molecule has 4 heteroatoms. The van der Waals surface area contributed by atoms with E-state index in [-0.39, 0.29) is 0 Å². The number of rotatable bonds is 8. The Bertz CT molecular complexity index is 508. The summed E-state index contributed by atoms with van der Waals surface area (Å²) in [4.78, 5) is 0. The van der Waals surface area contributed by atoms with E-state index in [2.05, 4.69) is 10.6 Å². The van der Waals surface area contributed by atoms with Crippen LogP contribution in [0.5, 0.6) is 11.5 Å². The Balaban J connectivity index is 1.69. The monoisotopic (exact) mass is 286 g/mol. The molecule has 4 nitrogen and oxygen atoms in total. The zero-order chi connectivity index (χ0) is 14.9. The van der Waals surface area contributed by atoms with Gasteiger partial charge in [0.15, 0.2) is 0 Å². The number of nitrogens with one attached hydrogen (secondary N) is 2. The van der Waals surface area contributed by atoms with Gasteiger partial charge in [-0.25, -0.2) is 0 Å².